The third kappa shape index (κ3) is 2.50. The van der Waals surface area contributed by atoms with Crippen LogP contribution in [-0.2, 0) is 0 Å². The quantitative estimate of drug-likeness (QED) is 0.768. The molecule has 0 radical (unpaired) electrons. The number of piperidine rings is 2. The van der Waals surface area contributed by atoms with Crippen LogP contribution in [0.25, 0.3) is 0 Å². The molecule has 2 heterocycles. The van der Waals surface area contributed by atoms with E-state index in [0.29, 0.717) is 30.6 Å². The summed E-state index contributed by atoms with van der Waals surface area (Å²) >= 11 is 0. The number of hydrogen-bond acceptors (Lipinski definition) is 2. The Kier molecular flexibility index (Phi) is 3.23. The second-order valence-corrected chi connectivity index (χ2v) is 8.35. The van der Waals surface area contributed by atoms with Crippen molar-refractivity contribution in [3.05, 3.63) is 0 Å². The Hall–Kier alpha value is -0.220. The molecule has 2 saturated heterocycles. The second-order valence-electron chi connectivity index (χ2n) is 8.35. The molecule has 2 nitrogen and oxygen atoms in total. The maximum absolute atomic E-state index is 13.2. The highest BCUT2D eigenvalue weighted by Crippen LogP contribution is 2.61. The Labute approximate surface area is 121 Å². The van der Waals surface area contributed by atoms with Gasteiger partial charge in [0.1, 0.15) is 0 Å². The SMILES string of the molecule is C[C@@H]1C[C@@]2(CN3CCC(F)(F)CC3)C[C@H]2N1C(C)(C)C. The minimum atomic E-state index is -2.42. The van der Waals surface area contributed by atoms with Gasteiger partial charge in [0.2, 0.25) is 0 Å². The third-order valence-corrected chi connectivity index (χ3v) is 5.56. The number of likely N-dealkylation sites (tertiary alicyclic amines) is 2. The van der Waals surface area contributed by atoms with Crippen LogP contribution < -0.4 is 0 Å². The normalized spacial score (nSPS) is 41.7. The van der Waals surface area contributed by atoms with E-state index in [-0.39, 0.29) is 18.4 Å². The summed E-state index contributed by atoms with van der Waals surface area (Å²) in [5.74, 6) is -2.42. The predicted octanol–water partition coefficient (Wildman–Crippen LogP) is 3.37. The largest absolute Gasteiger partial charge is 0.302 e. The topological polar surface area (TPSA) is 6.48 Å². The molecule has 0 N–H and O–H groups in total. The fourth-order valence-corrected chi connectivity index (χ4v) is 4.78. The van der Waals surface area contributed by atoms with Gasteiger partial charge in [-0.2, -0.15) is 0 Å². The van der Waals surface area contributed by atoms with Crippen molar-refractivity contribution in [1.29, 1.82) is 0 Å². The maximum Gasteiger partial charge on any atom is 0.250 e. The van der Waals surface area contributed by atoms with Crippen molar-refractivity contribution in [3.8, 4) is 0 Å². The summed E-state index contributed by atoms with van der Waals surface area (Å²) in [5, 5.41) is 0. The Morgan fingerprint density at radius 3 is 2.20 bits per heavy atom. The summed E-state index contributed by atoms with van der Waals surface area (Å²) < 4.78 is 26.5. The molecule has 0 bridgehead atoms. The average Bonchev–Trinajstić information content (AvgIpc) is 2.85. The van der Waals surface area contributed by atoms with Crippen molar-refractivity contribution in [3.63, 3.8) is 0 Å². The van der Waals surface area contributed by atoms with Crippen LogP contribution in [0.4, 0.5) is 8.78 Å². The van der Waals surface area contributed by atoms with Crippen LogP contribution in [-0.4, -0.2) is 53.0 Å². The zero-order valence-corrected chi connectivity index (χ0v) is 13.3. The molecular weight excluding hydrogens is 258 g/mol. The Balaban J connectivity index is 1.61. The van der Waals surface area contributed by atoms with Gasteiger partial charge in [-0.15, -0.1) is 0 Å². The first kappa shape index (κ1) is 14.7. The molecule has 116 valence electrons. The van der Waals surface area contributed by atoms with E-state index in [2.05, 4.69) is 37.5 Å². The van der Waals surface area contributed by atoms with Crippen molar-refractivity contribution in [2.24, 2.45) is 5.41 Å². The first-order valence-electron chi connectivity index (χ1n) is 8.02. The number of hydrogen-bond donors (Lipinski definition) is 0. The van der Waals surface area contributed by atoms with Crippen molar-refractivity contribution in [2.45, 2.75) is 76.9 Å². The molecule has 1 saturated carbocycles. The number of fused-ring (bicyclic) bond motifs is 1. The summed E-state index contributed by atoms with van der Waals surface area (Å²) in [7, 11) is 0. The highest BCUT2D eigenvalue weighted by Gasteiger charge is 2.65. The molecule has 0 unspecified atom stereocenters. The highest BCUT2D eigenvalue weighted by molar-refractivity contribution is 5.19. The number of halogens is 2. The first-order chi connectivity index (χ1) is 9.13. The molecule has 0 aromatic rings. The monoisotopic (exact) mass is 286 g/mol. The van der Waals surface area contributed by atoms with Crippen LogP contribution in [0.2, 0.25) is 0 Å². The molecular formula is C16H28F2N2. The van der Waals surface area contributed by atoms with Crippen molar-refractivity contribution in [2.75, 3.05) is 19.6 Å². The van der Waals surface area contributed by atoms with Crippen LogP contribution in [0.5, 0.6) is 0 Å². The molecule has 0 aromatic heterocycles. The Bertz CT molecular complexity index is 380. The van der Waals surface area contributed by atoms with Gasteiger partial charge in [-0.1, -0.05) is 0 Å². The molecule has 0 amide bonds. The lowest BCUT2D eigenvalue weighted by Crippen LogP contribution is -2.45. The van der Waals surface area contributed by atoms with Gasteiger partial charge >= 0.3 is 0 Å². The van der Waals surface area contributed by atoms with Gasteiger partial charge in [0, 0.05) is 55.5 Å². The van der Waals surface area contributed by atoms with Gasteiger partial charge in [0.05, 0.1) is 0 Å². The number of nitrogens with zero attached hydrogens (tertiary/aromatic N) is 2. The lowest BCUT2D eigenvalue weighted by molar-refractivity contribution is -0.0582. The van der Waals surface area contributed by atoms with Gasteiger partial charge in [-0.3, -0.25) is 4.90 Å². The van der Waals surface area contributed by atoms with Crippen LogP contribution in [0.1, 0.15) is 53.4 Å². The Morgan fingerprint density at radius 1 is 1.10 bits per heavy atom. The molecule has 3 aliphatic rings. The molecule has 3 fully saturated rings. The molecule has 1 aliphatic carbocycles. The molecule has 2 aliphatic heterocycles. The zero-order chi connectivity index (χ0) is 14.8. The van der Waals surface area contributed by atoms with Crippen molar-refractivity contribution >= 4 is 0 Å². The van der Waals surface area contributed by atoms with E-state index in [1.54, 1.807) is 0 Å². The lowest BCUT2D eigenvalue weighted by atomic mass is 9.97. The average molecular weight is 286 g/mol. The predicted molar refractivity (Wildman–Crippen MR) is 77.1 cm³/mol. The molecule has 3 atom stereocenters. The standard InChI is InChI=1S/C16H28F2N2/c1-12-9-15(10-13(15)20(12)14(2,3)4)11-19-7-5-16(17,18)6-8-19/h12-13H,5-11H2,1-4H3/t12-,13-,15+/m1/s1. The van der Waals surface area contributed by atoms with Crippen LogP contribution in [0, 0.1) is 5.41 Å². The van der Waals surface area contributed by atoms with Crippen molar-refractivity contribution < 1.29 is 8.78 Å². The van der Waals surface area contributed by atoms with Crippen molar-refractivity contribution in [1.82, 2.24) is 9.80 Å². The third-order valence-electron chi connectivity index (χ3n) is 5.56. The van der Waals surface area contributed by atoms with Gasteiger partial charge in [0.15, 0.2) is 0 Å². The summed E-state index contributed by atoms with van der Waals surface area (Å²) in [5.41, 5.74) is 0.622. The maximum atomic E-state index is 13.2. The molecule has 0 aromatic carbocycles. The smallest absolute Gasteiger partial charge is 0.250 e. The van der Waals surface area contributed by atoms with Gasteiger partial charge < -0.3 is 4.90 Å². The molecule has 3 rings (SSSR count). The molecule has 0 spiro atoms. The van der Waals surface area contributed by atoms with E-state index in [1.807, 2.05) is 0 Å². The molecule has 4 heteroatoms. The fourth-order valence-electron chi connectivity index (χ4n) is 4.78. The van der Waals surface area contributed by atoms with E-state index in [0.717, 1.165) is 6.54 Å². The summed E-state index contributed by atoms with van der Waals surface area (Å²) in [6, 6.07) is 1.31. The zero-order valence-electron chi connectivity index (χ0n) is 13.3. The van der Waals surface area contributed by atoms with Crippen LogP contribution >= 0.6 is 0 Å². The second kappa shape index (κ2) is 4.39. The van der Waals surface area contributed by atoms with E-state index >= 15 is 0 Å². The van der Waals surface area contributed by atoms with E-state index in [9.17, 15) is 8.78 Å². The summed E-state index contributed by atoms with van der Waals surface area (Å²) in [6.45, 7) is 11.4. The van der Waals surface area contributed by atoms with Gasteiger partial charge in [-0.25, -0.2) is 8.78 Å². The fraction of sp³-hybridized carbons (Fsp3) is 1.00. The minimum Gasteiger partial charge on any atom is -0.302 e. The van der Waals surface area contributed by atoms with Crippen LogP contribution in [0.15, 0.2) is 0 Å². The highest BCUT2D eigenvalue weighted by atomic mass is 19.3. The minimum absolute atomic E-state index is 0.0479. The first-order valence-corrected chi connectivity index (χ1v) is 8.02. The molecule has 20 heavy (non-hydrogen) atoms. The van der Waals surface area contributed by atoms with Crippen LogP contribution in [0.3, 0.4) is 0 Å². The van der Waals surface area contributed by atoms with E-state index in [4.69, 9.17) is 0 Å². The van der Waals surface area contributed by atoms with E-state index < -0.39 is 5.92 Å². The lowest BCUT2D eigenvalue weighted by Gasteiger charge is -2.37. The number of rotatable bonds is 2. The van der Waals surface area contributed by atoms with Gasteiger partial charge in [-0.05, 0) is 40.5 Å². The number of alkyl halides is 2. The summed E-state index contributed by atoms with van der Waals surface area (Å²) in [4.78, 5) is 4.95. The summed E-state index contributed by atoms with van der Waals surface area (Å²) in [6.07, 6.45) is 2.60. The van der Waals surface area contributed by atoms with E-state index in [1.165, 1.54) is 12.8 Å². The van der Waals surface area contributed by atoms with Gasteiger partial charge in [0.25, 0.3) is 5.92 Å². The Morgan fingerprint density at radius 2 is 1.70 bits per heavy atom.